The highest BCUT2D eigenvalue weighted by atomic mass is 35.5. The van der Waals surface area contributed by atoms with E-state index >= 15 is 0 Å². The second kappa shape index (κ2) is 5.21. The first-order valence-electron chi connectivity index (χ1n) is 4.68. The van der Waals surface area contributed by atoms with Crippen molar-refractivity contribution >= 4 is 23.2 Å². The first kappa shape index (κ1) is 12.0. The topological polar surface area (TPSA) is 44.2 Å². The quantitative estimate of drug-likeness (QED) is 0.855. The highest BCUT2D eigenvalue weighted by Crippen LogP contribution is 2.28. The fourth-order valence-electron chi connectivity index (χ4n) is 1.14. The van der Waals surface area contributed by atoms with Gasteiger partial charge in [-0.2, -0.15) is 0 Å². The van der Waals surface area contributed by atoms with Crippen molar-refractivity contribution in [1.82, 2.24) is 9.97 Å². The lowest BCUT2D eigenvalue weighted by Gasteiger charge is -2.06. The van der Waals surface area contributed by atoms with Gasteiger partial charge in [-0.05, 0) is 12.1 Å². The van der Waals surface area contributed by atoms with E-state index in [1.165, 1.54) is 12.4 Å². The second-order valence-electron chi connectivity index (χ2n) is 3.08. The molecule has 0 aliphatic rings. The van der Waals surface area contributed by atoms with Crippen molar-refractivity contribution in [2.45, 2.75) is 0 Å². The van der Waals surface area contributed by atoms with Gasteiger partial charge in [-0.15, -0.1) is 0 Å². The van der Waals surface area contributed by atoms with Gasteiger partial charge >= 0.3 is 0 Å². The van der Waals surface area contributed by atoms with Gasteiger partial charge in [0.15, 0.2) is 0 Å². The molecule has 2 aromatic heterocycles. The molecule has 0 aromatic carbocycles. The molecule has 0 aliphatic carbocycles. The van der Waals surface area contributed by atoms with Crippen LogP contribution in [-0.4, -0.2) is 17.1 Å². The Morgan fingerprint density at radius 3 is 2.53 bits per heavy atom. The molecule has 0 radical (unpaired) electrons. The van der Waals surface area contributed by atoms with Crippen LogP contribution >= 0.6 is 23.2 Å². The van der Waals surface area contributed by atoms with Crippen LogP contribution in [0.1, 0.15) is 0 Å². The molecule has 2 aromatic rings. The number of nitrogens with zero attached hydrogens (tertiary/aromatic N) is 2. The summed E-state index contributed by atoms with van der Waals surface area (Å²) in [7, 11) is 1.54. The molecule has 0 aliphatic heterocycles. The lowest BCUT2D eigenvalue weighted by molar-refractivity contribution is 0.394. The Labute approximate surface area is 108 Å². The molecule has 2 heterocycles. The number of rotatable bonds is 3. The molecular formula is C11H8Cl2N2O2. The van der Waals surface area contributed by atoms with Crippen LogP contribution in [0.25, 0.3) is 0 Å². The molecule has 0 unspecified atom stereocenters. The summed E-state index contributed by atoms with van der Waals surface area (Å²) in [6.07, 6.45) is 2.98. The van der Waals surface area contributed by atoms with Crippen LogP contribution in [0, 0.1) is 0 Å². The third-order valence-electron chi connectivity index (χ3n) is 1.91. The summed E-state index contributed by atoms with van der Waals surface area (Å²) in [5.41, 5.74) is 0. The van der Waals surface area contributed by atoms with E-state index < -0.39 is 0 Å². The smallest absolute Gasteiger partial charge is 0.238 e. The first-order valence-corrected chi connectivity index (χ1v) is 5.43. The molecule has 0 amide bonds. The van der Waals surface area contributed by atoms with Crippen LogP contribution in [0.4, 0.5) is 0 Å². The minimum atomic E-state index is 0.281. The van der Waals surface area contributed by atoms with Gasteiger partial charge in [-0.25, -0.2) is 9.97 Å². The summed E-state index contributed by atoms with van der Waals surface area (Å²) in [6.45, 7) is 0. The Balaban J connectivity index is 2.19. The number of methoxy groups -OCH3 is 1. The van der Waals surface area contributed by atoms with Crippen LogP contribution in [0.15, 0.2) is 30.6 Å². The summed E-state index contributed by atoms with van der Waals surface area (Å²) >= 11 is 11.6. The average molecular weight is 271 g/mol. The van der Waals surface area contributed by atoms with Gasteiger partial charge in [0.25, 0.3) is 0 Å². The molecule has 17 heavy (non-hydrogen) atoms. The number of ether oxygens (including phenoxy) is 2. The van der Waals surface area contributed by atoms with E-state index in [2.05, 4.69) is 9.97 Å². The number of pyridine rings is 2. The number of halogens is 2. The third-order valence-corrected chi connectivity index (χ3v) is 2.38. The zero-order valence-corrected chi connectivity index (χ0v) is 10.4. The molecule has 0 saturated carbocycles. The molecule has 0 saturated heterocycles. The summed E-state index contributed by atoms with van der Waals surface area (Å²) in [5, 5.41) is 0.795. The third kappa shape index (κ3) is 2.99. The predicted octanol–water partition coefficient (Wildman–Crippen LogP) is 3.58. The normalized spacial score (nSPS) is 10.1. The molecule has 4 nitrogen and oxygen atoms in total. The van der Waals surface area contributed by atoms with Crippen LogP contribution < -0.4 is 9.47 Å². The van der Waals surface area contributed by atoms with E-state index in [4.69, 9.17) is 32.7 Å². The fraction of sp³-hybridized carbons (Fsp3) is 0.0909. The molecule has 0 fully saturated rings. The van der Waals surface area contributed by atoms with E-state index in [9.17, 15) is 0 Å². The maximum atomic E-state index is 5.92. The lowest BCUT2D eigenvalue weighted by atomic mass is 10.4. The molecular weight excluding hydrogens is 263 g/mol. The zero-order chi connectivity index (χ0) is 12.3. The average Bonchev–Trinajstić information content (AvgIpc) is 2.34. The lowest BCUT2D eigenvalue weighted by Crippen LogP contribution is -1.91. The van der Waals surface area contributed by atoms with Crippen molar-refractivity contribution in [3.63, 3.8) is 0 Å². The number of aromatic nitrogens is 2. The Kier molecular flexibility index (Phi) is 3.66. The van der Waals surface area contributed by atoms with Crippen molar-refractivity contribution in [3.8, 4) is 17.5 Å². The van der Waals surface area contributed by atoms with E-state index in [0.29, 0.717) is 21.7 Å². The van der Waals surface area contributed by atoms with Crippen LogP contribution in [0.3, 0.4) is 0 Å². The SMILES string of the molecule is COc1ccc(Oc2ncc(Cl)cc2Cl)cn1. The Hall–Kier alpha value is -1.52. The molecule has 6 heteroatoms. The summed E-state index contributed by atoms with van der Waals surface area (Å²) in [4.78, 5) is 7.97. The van der Waals surface area contributed by atoms with Gasteiger partial charge in [0.05, 0.1) is 18.3 Å². The van der Waals surface area contributed by atoms with Crippen LogP contribution in [-0.2, 0) is 0 Å². The first-order chi connectivity index (χ1) is 8.19. The Morgan fingerprint density at radius 2 is 1.94 bits per heavy atom. The molecule has 0 spiro atoms. The van der Waals surface area contributed by atoms with Crippen molar-refractivity contribution in [2.75, 3.05) is 7.11 Å². The van der Waals surface area contributed by atoms with Gasteiger partial charge in [-0.1, -0.05) is 23.2 Å². The largest absolute Gasteiger partial charge is 0.481 e. The highest BCUT2D eigenvalue weighted by molar-refractivity contribution is 6.35. The molecule has 0 bridgehead atoms. The molecule has 2 rings (SSSR count). The number of hydrogen-bond acceptors (Lipinski definition) is 4. The summed E-state index contributed by atoms with van der Waals surface area (Å²) < 4.78 is 10.4. The van der Waals surface area contributed by atoms with E-state index in [0.717, 1.165) is 0 Å². The van der Waals surface area contributed by atoms with Gasteiger partial charge < -0.3 is 9.47 Å². The van der Waals surface area contributed by atoms with Crippen molar-refractivity contribution in [2.24, 2.45) is 0 Å². The van der Waals surface area contributed by atoms with Gasteiger partial charge in [0.2, 0.25) is 11.8 Å². The van der Waals surface area contributed by atoms with Crippen molar-refractivity contribution in [1.29, 1.82) is 0 Å². The molecule has 88 valence electrons. The molecule has 0 N–H and O–H groups in total. The van der Waals surface area contributed by atoms with Crippen molar-refractivity contribution in [3.05, 3.63) is 40.6 Å². The van der Waals surface area contributed by atoms with Crippen LogP contribution in [0.2, 0.25) is 10.0 Å². The Bertz CT molecular complexity index is 517. The van der Waals surface area contributed by atoms with E-state index in [1.807, 2.05) is 0 Å². The van der Waals surface area contributed by atoms with Gasteiger partial charge in [0.1, 0.15) is 10.8 Å². The Morgan fingerprint density at radius 1 is 1.12 bits per heavy atom. The minimum absolute atomic E-state index is 0.281. The van der Waals surface area contributed by atoms with Gasteiger partial charge in [-0.3, -0.25) is 0 Å². The van der Waals surface area contributed by atoms with Crippen molar-refractivity contribution < 1.29 is 9.47 Å². The zero-order valence-electron chi connectivity index (χ0n) is 8.85. The monoisotopic (exact) mass is 270 g/mol. The predicted molar refractivity (Wildman–Crippen MR) is 65.1 cm³/mol. The minimum Gasteiger partial charge on any atom is -0.481 e. The molecule has 0 atom stereocenters. The fourth-order valence-corrected chi connectivity index (χ4v) is 1.56. The maximum absolute atomic E-state index is 5.92. The van der Waals surface area contributed by atoms with E-state index in [1.54, 1.807) is 25.3 Å². The van der Waals surface area contributed by atoms with E-state index in [-0.39, 0.29) is 5.88 Å². The highest BCUT2D eigenvalue weighted by Gasteiger charge is 2.06. The van der Waals surface area contributed by atoms with Gasteiger partial charge in [0, 0.05) is 12.3 Å². The standard InChI is InChI=1S/C11H8Cl2N2O2/c1-16-10-3-2-8(6-14-10)17-11-9(13)4-7(12)5-15-11/h2-6H,1H3. The maximum Gasteiger partial charge on any atom is 0.238 e. The summed E-state index contributed by atoms with van der Waals surface area (Å²) in [5.74, 6) is 1.30. The van der Waals surface area contributed by atoms with Crippen LogP contribution in [0.5, 0.6) is 17.5 Å². The number of hydrogen-bond donors (Lipinski definition) is 0. The summed E-state index contributed by atoms with van der Waals surface area (Å²) in [6, 6.07) is 4.94. The second-order valence-corrected chi connectivity index (χ2v) is 3.92.